The van der Waals surface area contributed by atoms with E-state index >= 15 is 0 Å². The molecule has 1 unspecified atom stereocenters. The van der Waals surface area contributed by atoms with Crippen molar-refractivity contribution in [1.82, 2.24) is 19.8 Å². The number of morpholine rings is 1. The van der Waals surface area contributed by atoms with Gasteiger partial charge in [0, 0.05) is 43.0 Å². The number of nitrogens with one attached hydrogen (secondary N) is 2. The van der Waals surface area contributed by atoms with Crippen molar-refractivity contribution in [2.45, 2.75) is 19.2 Å². The van der Waals surface area contributed by atoms with Gasteiger partial charge in [-0.25, -0.2) is 19.2 Å². The number of amides is 3. The van der Waals surface area contributed by atoms with Crippen molar-refractivity contribution < 1.29 is 28.2 Å². The van der Waals surface area contributed by atoms with Crippen molar-refractivity contribution in [2.75, 3.05) is 56.6 Å². The number of benzene rings is 2. The molecule has 11 nitrogen and oxygen atoms in total. The number of carbonyl (C=O) groups excluding carboxylic acids is 3. The van der Waals surface area contributed by atoms with Gasteiger partial charge < -0.3 is 19.7 Å². The van der Waals surface area contributed by atoms with Crippen LogP contribution in [0.4, 0.5) is 20.0 Å². The summed E-state index contributed by atoms with van der Waals surface area (Å²) in [6.45, 7) is 4.17. The molecular weight excluding hydrogens is 587 g/mol. The van der Waals surface area contributed by atoms with Gasteiger partial charge in [-0.1, -0.05) is 35.6 Å². The largest absolute Gasteiger partial charge is 0.434 e. The van der Waals surface area contributed by atoms with Gasteiger partial charge in [0.2, 0.25) is 0 Å². The number of nitrogens with zero attached hydrogens (tertiary/aromatic N) is 4. The van der Waals surface area contributed by atoms with Gasteiger partial charge in [-0.3, -0.25) is 19.8 Å². The van der Waals surface area contributed by atoms with E-state index in [0.29, 0.717) is 44.5 Å². The molecule has 0 radical (unpaired) electrons. The maximum Gasteiger partial charge on any atom is 0.410 e. The molecule has 1 atom stereocenters. The minimum absolute atomic E-state index is 0.187. The molecule has 2 fully saturated rings. The van der Waals surface area contributed by atoms with Crippen LogP contribution in [-0.4, -0.2) is 89.7 Å². The van der Waals surface area contributed by atoms with Crippen LogP contribution in [0.1, 0.15) is 22.3 Å². The van der Waals surface area contributed by atoms with Crippen LogP contribution < -0.4 is 10.6 Å². The molecule has 4 heterocycles. The van der Waals surface area contributed by atoms with Gasteiger partial charge in [-0.2, -0.15) is 0 Å². The zero-order valence-corrected chi connectivity index (χ0v) is 24.6. The summed E-state index contributed by atoms with van der Waals surface area (Å²) >= 11 is 1.21. The average Bonchev–Trinajstić information content (AvgIpc) is 3.63. The fraction of sp³-hybridized carbons (Fsp3) is 0.323. The third kappa shape index (κ3) is 7.01. The van der Waals surface area contributed by atoms with E-state index < -0.39 is 24.8 Å². The van der Waals surface area contributed by atoms with Gasteiger partial charge in [0.05, 0.1) is 25.5 Å². The number of rotatable bonds is 10. The van der Waals surface area contributed by atoms with Crippen molar-refractivity contribution in [3.05, 3.63) is 71.8 Å². The van der Waals surface area contributed by atoms with E-state index in [0.717, 1.165) is 44.8 Å². The molecule has 6 rings (SSSR count). The summed E-state index contributed by atoms with van der Waals surface area (Å²) in [7, 11) is 0. The summed E-state index contributed by atoms with van der Waals surface area (Å²) in [5.74, 6) is -0.765. The van der Waals surface area contributed by atoms with E-state index in [1.165, 1.54) is 11.3 Å². The lowest BCUT2D eigenvalue weighted by Gasteiger charge is -2.27. The second kappa shape index (κ2) is 13.5. The van der Waals surface area contributed by atoms with Crippen LogP contribution in [0.2, 0.25) is 0 Å². The molecule has 4 aromatic rings. The Morgan fingerprint density at radius 1 is 1.00 bits per heavy atom. The standard InChI is InChI=1S/C31H31FN6O5S/c32-18-20-4-1-7-23(16-20)33-27(39)22-6-2-5-21(17-22)24-8-9-25-29(34-24)44-30(35-25)36-28(40)26-19-38(31(41)43-26)11-3-10-37-12-14-42-15-13-37/h1-2,4-9,16-17,26H,3,10-15,18-19H2,(H,33,39)(H,35,36,40). The number of carbonyl (C=O) groups is 3. The molecule has 3 amide bonds. The topological polar surface area (TPSA) is 126 Å². The van der Waals surface area contributed by atoms with E-state index in [9.17, 15) is 18.8 Å². The molecule has 2 aliphatic heterocycles. The summed E-state index contributed by atoms with van der Waals surface area (Å²) in [5.41, 5.74) is 3.37. The first-order valence-electron chi connectivity index (χ1n) is 14.4. The summed E-state index contributed by atoms with van der Waals surface area (Å²) in [6.07, 6.45) is -0.626. The number of cyclic esters (lactones) is 1. The van der Waals surface area contributed by atoms with Gasteiger partial charge >= 0.3 is 6.09 Å². The van der Waals surface area contributed by atoms with Gasteiger partial charge in [0.1, 0.15) is 17.0 Å². The maximum atomic E-state index is 13.0. The molecule has 2 saturated heterocycles. The van der Waals surface area contributed by atoms with Crippen molar-refractivity contribution in [3.63, 3.8) is 0 Å². The highest BCUT2D eigenvalue weighted by Crippen LogP contribution is 2.29. The summed E-state index contributed by atoms with van der Waals surface area (Å²) in [4.78, 5) is 51.8. The van der Waals surface area contributed by atoms with E-state index in [1.807, 2.05) is 6.07 Å². The predicted octanol–water partition coefficient (Wildman–Crippen LogP) is 4.56. The first-order chi connectivity index (χ1) is 21.4. The highest BCUT2D eigenvalue weighted by molar-refractivity contribution is 7.22. The minimum atomic E-state index is -0.922. The fourth-order valence-electron chi connectivity index (χ4n) is 5.11. The molecule has 0 saturated carbocycles. The lowest BCUT2D eigenvalue weighted by atomic mass is 10.1. The molecule has 44 heavy (non-hydrogen) atoms. The highest BCUT2D eigenvalue weighted by Gasteiger charge is 2.36. The van der Waals surface area contributed by atoms with Crippen molar-refractivity contribution in [2.24, 2.45) is 0 Å². The SMILES string of the molecule is O=C(Nc1cccc(CF)c1)c1cccc(-c2ccc3nc(NC(=O)C4CN(CCCN5CCOCC5)C(=O)O4)sc3n2)c1. The highest BCUT2D eigenvalue weighted by atomic mass is 32.1. The monoisotopic (exact) mass is 618 g/mol. The summed E-state index contributed by atoms with van der Waals surface area (Å²) < 4.78 is 23.7. The van der Waals surface area contributed by atoms with Crippen molar-refractivity contribution in [3.8, 4) is 11.3 Å². The molecule has 0 bridgehead atoms. The Balaban J connectivity index is 1.07. The Hall–Kier alpha value is -4.46. The second-order valence-corrected chi connectivity index (χ2v) is 11.5. The maximum absolute atomic E-state index is 13.0. The molecule has 228 valence electrons. The number of hydrogen-bond acceptors (Lipinski definition) is 9. The van der Waals surface area contributed by atoms with Crippen LogP contribution in [0.15, 0.2) is 60.7 Å². The van der Waals surface area contributed by atoms with Crippen LogP contribution in [-0.2, 0) is 20.9 Å². The zero-order chi connectivity index (χ0) is 30.5. The predicted molar refractivity (Wildman–Crippen MR) is 164 cm³/mol. The van der Waals surface area contributed by atoms with E-state index in [-0.39, 0.29) is 12.5 Å². The molecule has 2 N–H and O–H groups in total. The van der Waals surface area contributed by atoms with Crippen molar-refractivity contribution in [1.29, 1.82) is 0 Å². The van der Waals surface area contributed by atoms with Gasteiger partial charge in [-0.15, -0.1) is 0 Å². The number of anilines is 2. The number of pyridine rings is 1. The smallest absolute Gasteiger partial charge is 0.410 e. The lowest BCUT2D eigenvalue weighted by molar-refractivity contribution is -0.122. The van der Waals surface area contributed by atoms with Gasteiger partial charge in [0.25, 0.3) is 11.8 Å². The quantitative estimate of drug-likeness (QED) is 0.265. The zero-order valence-electron chi connectivity index (χ0n) is 23.8. The van der Waals surface area contributed by atoms with E-state index in [2.05, 4.69) is 20.5 Å². The Morgan fingerprint density at radius 3 is 2.68 bits per heavy atom. The average molecular weight is 619 g/mol. The molecule has 2 aromatic carbocycles. The summed E-state index contributed by atoms with van der Waals surface area (Å²) in [6, 6.07) is 17.3. The molecule has 13 heteroatoms. The van der Waals surface area contributed by atoms with Crippen LogP contribution in [0, 0.1) is 0 Å². The fourth-order valence-corrected chi connectivity index (χ4v) is 5.95. The van der Waals surface area contributed by atoms with Gasteiger partial charge in [-0.05, 0) is 48.4 Å². The number of halogens is 1. The third-order valence-electron chi connectivity index (χ3n) is 7.43. The molecular formula is C31H31FN6O5S. The van der Waals surface area contributed by atoms with E-state index in [1.54, 1.807) is 59.5 Å². The van der Waals surface area contributed by atoms with Crippen LogP contribution in [0.25, 0.3) is 21.6 Å². The second-order valence-electron chi connectivity index (χ2n) is 10.5. The number of thiazole rings is 1. The first-order valence-corrected chi connectivity index (χ1v) is 15.2. The molecule has 0 spiro atoms. The minimum Gasteiger partial charge on any atom is -0.434 e. The molecule has 2 aliphatic rings. The summed E-state index contributed by atoms with van der Waals surface area (Å²) in [5, 5.41) is 5.91. The van der Waals surface area contributed by atoms with Crippen LogP contribution in [0.3, 0.4) is 0 Å². The lowest BCUT2D eigenvalue weighted by Crippen LogP contribution is -2.38. The van der Waals surface area contributed by atoms with Crippen molar-refractivity contribution >= 4 is 50.4 Å². The Morgan fingerprint density at radius 2 is 1.84 bits per heavy atom. The number of hydrogen-bond donors (Lipinski definition) is 2. The number of ether oxygens (including phenoxy) is 2. The Kier molecular flexibility index (Phi) is 9.05. The van der Waals surface area contributed by atoms with Crippen LogP contribution in [0.5, 0.6) is 0 Å². The Labute approximate surface area is 257 Å². The first kappa shape index (κ1) is 29.6. The van der Waals surface area contributed by atoms with E-state index in [4.69, 9.17) is 14.5 Å². The normalized spacial score (nSPS) is 17.1. The number of aromatic nitrogens is 2. The Bertz CT molecular complexity index is 1680. The molecule has 0 aliphatic carbocycles. The number of alkyl halides is 1. The van der Waals surface area contributed by atoms with Crippen LogP contribution >= 0.6 is 11.3 Å². The molecule has 2 aromatic heterocycles. The number of fused-ring (bicyclic) bond motifs is 1. The third-order valence-corrected chi connectivity index (χ3v) is 8.31. The van der Waals surface area contributed by atoms with Gasteiger partial charge in [0.15, 0.2) is 11.2 Å².